The van der Waals surface area contributed by atoms with E-state index >= 15 is 0 Å². The van der Waals surface area contributed by atoms with Crippen molar-refractivity contribution in [2.45, 2.75) is 37.8 Å². The molecule has 2 aliphatic heterocycles. The Labute approximate surface area is 176 Å². The smallest absolute Gasteiger partial charge is 0.311 e. The Kier molecular flexibility index (Phi) is 4.90. The van der Waals surface area contributed by atoms with Crippen LogP contribution in [0.1, 0.15) is 36.6 Å². The highest BCUT2D eigenvalue weighted by Gasteiger charge is 2.49. The molecule has 162 valence electrons. The van der Waals surface area contributed by atoms with E-state index in [4.69, 9.17) is 14.2 Å². The normalized spacial score (nSPS) is 30.9. The van der Waals surface area contributed by atoms with Crippen molar-refractivity contribution < 1.29 is 24.1 Å². The van der Waals surface area contributed by atoms with Gasteiger partial charge in [-0.1, -0.05) is 0 Å². The number of nitrogens with zero attached hydrogens (tertiary/aromatic N) is 1. The van der Waals surface area contributed by atoms with Gasteiger partial charge in [-0.25, -0.2) is 0 Å². The average molecular weight is 415 g/mol. The number of piperidine rings is 1. The zero-order valence-corrected chi connectivity index (χ0v) is 17.8. The third-order valence-electron chi connectivity index (χ3n) is 7.62. The van der Waals surface area contributed by atoms with Gasteiger partial charge in [0.05, 0.1) is 39.4 Å². The van der Waals surface area contributed by atoms with Gasteiger partial charge in [-0.05, 0) is 49.1 Å². The van der Waals surface area contributed by atoms with Crippen LogP contribution in [0.3, 0.4) is 0 Å². The molecule has 0 radical (unpaired) electrons. The minimum Gasteiger partial charge on any atom is -0.493 e. The molecule has 30 heavy (non-hydrogen) atoms. The quantitative estimate of drug-likeness (QED) is 0.752. The van der Waals surface area contributed by atoms with Gasteiger partial charge in [0.2, 0.25) is 0 Å². The molecular weight excluding hydrogens is 384 g/mol. The number of hydrogen-bond acceptors (Lipinski definition) is 6. The second-order valence-electron chi connectivity index (χ2n) is 8.88. The molecule has 1 aromatic heterocycles. The molecule has 5 rings (SSSR count). The fourth-order valence-corrected chi connectivity index (χ4v) is 6.18. The number of methoxy groups -OCH3 is 3. The lowest BCUT2D eigenvalue weighted by atomic mass is 9.65. The van der Waals surface area contributed by atoms with Crippen molar-refractivity contribution in [3.63, 3.8) is 0 Å². The molecule has 0 bridgehead atoms. The largest absolute Gasteiger partial charge is 0.493 e. The molecule has 2 N–H and O–H groups in total. The molecule has 1 saturated carbocycles. The van der Waals surface area contributed by atoms with Gasteiger partial charge < -0.3 is 24.3 Å². The Morgan fingerprint density at radius 1 is 1.17 bits per heavy atom. The van der Waals surface area contributed by atoms with Gasteiger partial charge in [-0.3, -0.25) is 9.69 Å². The first-order chi connectivity index (χ1) is 14.5. The van der Waals surface area contributed by atoms with E-state index in [2.05, 4.69) is 16.0 Å². The maximum Gasteiger partial charge on any atom is 0.311 e. The lowest BCUT2D eigenvalue weighted by Crippen LogP contribution is -2.53. The molecule has 7 heteroatoms. The number of fused-ring (bicyclic) bond motifs is 6. The lowest BCUT2D eigenvalue weighted by molar-refractivity contribution is -0.160. The summed E-state index contributed by atoms with van der Waals surface area (Å²) < 4.78 is 16.1. The van der Waals surface area contributed by atoms with Gasteiger partial charge in [0.25, 0.3) is 0 Å². The van der Waals surface area contributed by atoms with Crippen molar-refractivity contribution >= 4 is 16.9 Å². The van der Waals surface area contributed by atoms with Gasteiger partial charge in [0.15, 0.2) is 11.5 Å². The van der Waals surface area contributed by atoms with Gasteiger partial charge in [-0.15, -0.1) is 0 Å². The number of carbonyl (C=O) groups excluding carboxylic acids is 1. The van der Waals surface area contributed by atoms with E-state index in [1.54, 1.807) is 14.2 Å². The van der Waals surface area contributed by atoms with Crippen LogP contribution in [-0.4, -0.2) is 61.5 Å². The molecule has 3 aliphatic rings. The second kappa shape index (κ2) is 7.46. The Balaban J connectivity index is 1.54. The van der Waals surface area contributed by atoms with E-state index in [1.807, 2.05) is 6.07 Å². The number of H-pyrrole nitrogens is 1. The summed E-state index contributed by atoms with van der Waals surface area (Å²) in [7, 11) is 4.73. The fraction of sp³-hybridized carbons (Fsp3) is 0.609. The summed E-state index contributed by atoms with van der Waals surface area (Å²) >= 11 is 0. The summed E-state index contributed by atoms with van der Waals surface area (Å²) in [5, 5.41) is 11.8. The molecule has 0 amide bonds. The Morgan fingerprint density at radius 3 is 2.67 bits per heavy atom. The number of aromatic nitrogens is 1. The van der Waals surface area contributed by atoms with Crippen LogP contribution < -0.4 is 9.47 Å². The van der Waals surface area contributed by atoms with Crippen molar-refractivity contribution in [3.8, 4) is 11.5 Å². The van der Waals surface area contributed by atoms with E-state index in [-0.39, 0.29) is 17.9 Å². The molecule has 2 aromatic rings. The minimum atomic E-state index is -0.607. The Hall–Kier alpha value is -2.25. The zero-order chi connectivity index (χ0) is 21.0. The number of ether oxygens (including phenoxy) is 3. The van der Waals surface area contributed by atoms with E-state index in [9.17, 15) is 9.90 Å². The first-order valence-electron chi connectivity index (χ1n) is 10.8. The van der Waals surface area contributed by atoms with Crippen LogP contribution in [0.4, 0.5) is 0 Å². The highest BCUT2D eigenvalue weighted by molar-refractivity contribution is 5.88. The van der Waals surface area contributed by atoms with E-state index in [0.717, 1.165) is 43.6 Å². The van der Waals surface area contributed by atoms with Crippen molar-refractivity contribution in [2.24, 2.45) is 17.8 Å². The summed E-state index contributed by atoms with van der Waals surface area (Å²) in [6.07, 6.45) is 2.88. The van der Waals surface area contributed by atoms with Gasteiger partial charge in [0.1, 0.15) is 0 Å². The van der Waals surface area contributed by atoms with Gasteiger partial charge >= 0.3 is 5.97 Å². The molecule has 1 saturated heterocycles. The van der Waals surface area contributed by atoms with Crippen LogP contribution in [0.5, 0.6) is 11.5 Å². The molecule has 0 spiro atoms. The van der Waals surface area contributed by atoms with Gasteiger partial charge in [0, 0.05) is 35.8 Å². The molecular formula is C23H30N2O5. The van der Waals surface area contributed by atoms with Crippen LogP contribution in [-0.2, 0) is 16.0 Å². The van der Waals surface area contributed by atoms with Crippen LogP contribution in [0.25, 0.3) is 10.9 Å². The topological polar surface area (TPSA) is 84.0 Å². The number of aliphatic hydroxyl groups excluding tert-OH is 1. The molecule has 1 aliphatic carbocycles. The summed E-state index contributed by atoms with van der Waals surface area (Å²) in [5.41, 5.74) is 3.61. The number of aromatic amines is 1. The fourth-order valence-electron chi connectivity index (χ4n) is 6.18. The van der Waals surface area contributed by atoms with E-state index in [0.29, 0.717) is 18.1 Å². The second-order valence-corrected chi connectivity index (χ2v) is 8.88. The monoisotopic (exact) mass is 414 g/mol. The molecule has 7 nitrogen and oxygen atoms in total. The van der Waals surface area contributed by atoms with E-state index < -0.39 is 12.0 Å². The first kappa shape index (κ1) is 19.7. The summed E-state index contributed by atoms with van der Waals surface area (Å²) in [6, 6.07) is 4.29. The third kappa shape index (κ3) is 2.90. The Morgan fingerprint density at radius 2 is 1.93 bits per heavy atom. The number of carbonyl (C=O) groups is 1. The standard InChI is InChI=1S/C23H30N2O5/c1-28-19-9-15-13-6-7-25-11-12-4-5-18(26)21(23(27)30-3)14(12)8-17(25)22(13)24-16(15)10-20(19)29-2/h9-10,12,14,17-18,21,24,26H,4-8,11H2,1-3H3. The maximum atomic E-state index is 12.5. The van der Waals surface area contributed by atoms with E-state index in [1.165, 1.54) is 23.8 Å². The number of rotatable bonds is 3. The molecule has 3 heterocycles. The highest BCUT2D eigenvalue weighted by atomic mass is 16.5. The molecule has 5 unspecified atom stereocenters. The summed E-state index contributed by atoms with van der Waals surface area (Å²) in [4.78, 5) is 18.7. The Bertz CT molecular complexity index is 970. The van der Waals surface area contributed by atoms with Crippen LogP contribution in [0.2, 0.25) is 0 Å². The number of esters is 1. The SMILES string of the molecule is COC(=O)C1C(O)CCC2CN3CCc4c([nH]c5cc(OC)c(OC)cc45)C3CC21. The average Bonchev–Trinajstić information content (AvgIpc) is 3.14. The van der Waals surface area contributed by atoms with Crippen molar-refractivity contribution in [1.82, 2.24) is 9.88 Å². The highest BCUT2D eigenvalue weighted by Crippen LogP contribution is 2.50. The van der Waals surface area contributed by atoms with Crippen molar-refractivity contribution in [3.05, 3.63) is 23.4 Å². The lowest BCUT2D eigenvalue weighted by Gasteiger charge is -2.50. The van der Waals surface area contributed by atoms with Crippen molar-refractivity contribution in [1.29, 1.82) is 0 Å². The predicted molar refractivity (Wildman–Crippen MR) is 112 cm³/mol. The molecule has 5 atom stereocenters. The number of aliphatic hydroxyl groups is 1. The number of nitrogens with one attached hydrogen (secondary N) is 1. The predicted octanol–water partition coefficient (Wildman–Crippen LogP) is 2.66. The van der Waals surface area contributed by atoms with Gasteiger partial charge in [-0.2, -0.15) is 0 Å². The van der Waals surface area contributed by atoms with Crippen LogP contribution in [0, 0.1) is 17.8 Å². The van der Waals surface area contributed by atoms with Crippen molar-refractivity contribution in [2.75, 3.05) is 34.4 Å². The summed E-state index contributed by atoms with van der Waals surface area (Å²) in [5.74, 6) is 1.33. The summed E-state index contributed by atoms with van der Waals surface area (Å²) in [6.45, 7) is 1.98. The minimum absolute atomic E-state index is 0.142. The maximum absolute atomic E-state index is 12.5. The zero-order valence-electron chi connectivity index (χ0n) is 17.8. The first-order valence-corrected chi connectivity index (χ1v) is 10.8. The molecule has 2 fully saturated rings. The number of benzene rings is 1. The molecule has 1 aromatic carbocycles. The van der Waals surface area contributed by atoms with Crippen LogP contribution >= 0.6 is 0 Å². The third-order valence-corrected chi connectivity index (χ3v) is 7.62. The number of hydrogen-bond donors (Lipinski definition) is 2. The van der Waals surface area contributed by atoms with Crippen LogP contribution in [0.15, 0.2) is 12.1 Å².